The molecule has 22 heavy (non-hydrogen) atoms. The number of H-pyrrole nitrogens is 1. The number of rotatable bonds is 2. The molecule has 1 saturated carbocycles. The molecule has 1 aromatic heterocycles. The number of nitrogens with one attached hydrogen (secondary N) is 1. The Morgan fingerprint density at radius 2 is 1.95 bits per heavy atom. The predicted molar refractivity (Wildman–Crippen MR) is 84.7 cm³/mol. The maximum atomic E-state index is 12.8. The molecule has 1 aliphatic heterocycles. The quantitative estimate of drug-likeness (QED) is 0.910. The van der Waals surface area contributed by atoms with E-state index >= 15 is 0 Å². The number of aromatic amines is 1. The highest BCUT2D eigenvalue weighted by molar-refractivity contribution is 5.79. The number of hydrogen-bond donors (Lipinski definition) is 1. The lowest BCUT2D eigenvalue weighted by molar-refractivity contribution is -0.136. The van der Waals surface area contributed by atoms with Crippen LogP contribution in [0, 0.1) is 19.8 Å². The minimum atomic E-state index is -0.171. The van der Waals surface area contributed by atoms with Crippen LogP contribution in [-0.4, -0.2) is 33.4 Å². The van der Waals surface area contributed by atoms with Gasteiger partial charge in [0.2, 0.25) is 5.91 Å². The lowest BCUT2D eigenvalue weighted by atomic mass is 9.78. The molecule has 0 spiro atoms. The van der Waals surface area contributed by atoms with Crippen LogP contribution in [0.5, 0.6) is 0 Å². The molecule has 1 aliphatic carbocycles. The van der Waals surface area contributed by atoms with Gasteiger partial charge in [-0.15, -0.1) is 0 Å². The van der Waals surface area contributed by atoms with Crippen molar-refractivity contribution in [2.75, 3.05) is 6.54 Å². The van der Waals surface area contributed by atoms with Crippen molar-refractivity contribution in [2.45, 2.75) is 64.8 Å². The molecule has 0 bridgehead atoms. The van der Waals surface area contributed by atoms with Crippen LogP contribution in [0.3, 0.4) is 0 Å². The first kappa shape index (κ1) is 15.3. The number of likely N-dealkylation sites (tertiary alicyclic amines) is 1. The van der Waals surface area contributed by atoms with Crippen molar-refractivity contribution in [1.82, 2.24) is 14.9 Å². The first-order chi connectivity index (χ1) is 10.6. The molecule has 5 heteroatoms. The van der Waals surface area contributed by atoms with Crippen LogP contribution in [0.25, 0.3) is 0 Å². The van der Waals surface area contributed by atoms with E-state index in [-0.39, 0.29) is 17.9 Å². The summed E-state index contributed by atoms with van der Waals surface area (Å²) in [6, 6.07) is 0.396. The van der Waals surface area contributed by atoms with E-state index in [4.69, 9.17) is 0 Å². The Kier molecular flexibility index (Phi) is 4.32. The van der Waals surface area contributed by atoms with E-state index in [1.807, 2.05) is 11.8 Å². The molecule has 120 valence electrons. The molecule has 2 unspecified atom stereocenters. The summed E-state index contributed by atoms with van der Waals surface area (Å²) in [5.74, 6) is 1.36. The van der Waals surface area contributed by atoms with Gasteiger partial charge in [0.15, 0.2) is 0 Å². The standard InChI is InChI=1S/C17H25N3O2/c1-11-14(17(22)19-12(2)18-11)10-16(21)20-9-5-7-13-6-3-4-8-15(13)20/h13,15H,3-10H2,1-2H3,(H,18,19,22). The number of aryl methyl sites for hydroxylation is 2. The number of carbonyl (C=O) groups excluding carboxylic acids is 1. The van der Waals surface area contributed by atoms with Gasteiger partial charge in [-0.1, -0.05) is 12.8 Å². The number of carbonyl (C=O) groups is 1. The monoisotopic (exact) mass is 303 g/mol. The summed E-state index contributed by atoms with van der Waals surface area (Å²) in [5, 5.41) is 0. The Bertz CT molecular complexity index is 621. The SMILES string of the molecule is Cc1nc(C)c(CC(=O)N2CCCC3CCCCC32)c(=O)[nH]1. The third-order valence-electron chi connectivity index (χ3n) is 5.23. The molecule has 1 N–H and O–H groups in total. The van der Waals surface area contributed by atoms with Crippen LogP contribution in [0.1, 0.15) is 55.6 Å². The molecular weight excluding hydrogens is 278 g/mol. The second kappa shape index (κ2) is 6.23. The number of fused-ring (bicyclic) bond motifs is 1. The largest absolute Gasteiger partial charge is 0.339 e. The van der Waals surface area contributed by atoms with Gasteiger partial charge in [0.05, 0.1) is 6.42 Å². The molecule has 0 radical (unpaired) electrons. The number of piperidine rings is 1. The highest BCUT2D eigenvalue weighted by Gasteiger charge is 2.35. The molecule has 1 amide bonds. The van der Waals surface area contributed by atoms with E-state index in [9.17, 15) is 9.59 Å². The van der Waals surface area contributed by atoms with E-state index in [1.165, 1.54) is 25.7 Å². The van der Waals surface area contributed by atoms with Gasteiger partial charge in [-0.2, -0.15) is 0 Å². The highest BCUT2D eigenvalue weighted by atomic mass is 16.2. The maximum Gasteiger partial charge on any atom is 0.254 e. The van der Waals surface area contributed by atoms with Crippen molar-refractivity contribution in [3.8, 4) is 0 Å². The Morgan fingerprint density at radius 3 is 2.73 bits per heavy atom. The summed E-state index contributed by atoms with van der Waals surface area (Å²) in [6.07, 6.45) is 7.41. The Balaban J connectivity index is 1.78. The molecular formula is C17H25N3O2. The molecule has 2 atom stereocenters. The Hall–Kier alpha value is -1.65. The zero-order chi connectivity index (χ0) is 15.7. The van der Waals surface area contributed by atoms with Crippen LogP contribution >= 0.6 is 0 Å². The minimum absolute atomic E-state index is 0.0934. The Labute approximate surface area is 131 Å². The Morgan fingerprint density at radius 1 is 1.23 bits per heavy atom. The molecule has 5 nitrogen and oxygen atoms in total. The zero-order valence-electron chi connectivity index (χ0n) is 13.5. The van der Waals surface area contributed by atoms with Crippen molar-refractivity contribution in [3.05, 3.63) is 27.4 Å². The number of amides is 1. The van der Waals surface area contributed by atoms with E-state index < -0.39 is 0 Å². The van der Waals surface area contributed by atoms with Gasteiger partial charge in [-0.25, -0.2) is 4.98 Å². The second-order valence-electron chi connectivity index (χ2n) is 6.73. The lowest BCUT2D eigenvalue weighted by Gasteiger charge is -2.44. The van der Waals surface area contributed by atoms with Crippen LogP contribution in [0.4, 0.5) is 0 Å². The van der Waals surface area contributed by atoms with Crippen LogP contribution < -0.4 is 5.56 Å². The molecule has 3 rings (SSSR count). The molecule has 2 heterocycles. The molecule has 2 aliphatic rings. The smallest absolute Gasteiger partial charge is 0.254 e. The van der Waals surface area contributed by atoms with Crippen LogP contribution in [0.2, 0.25) is 0 Å². The maximum absolute atomic E-state index is 12.8. The average molecular weight is 303 g/mol. The van der Waals surface area contributed by atoms with Crippen molar-refractivity contribution in [3.63, 3.8) is 0 Å². The zero-order valence-corrected chi connectivity index (χ0v) is 13.5. The molecule has 2 fully saturated rings. The predicted octanol–water partition coefficient (Wildman–Crippen LogP) is 2.11. The van der Waals surface area contributed by atoms with E-state index in [0.717, 1.165) is 19.4 Å². The summed E-state index contributed by atoms with van der Waals surface area (Å²) in [6.45, 7) is 4.41. The molecule has 1 aromatic rings. The fourth-order valence-corrected chi connectivity index (χ4v) is 4.15. The van der Waals surface area contributed by atoms with E-state index in [2.05, 4.69) is 9.97 Å². The highest BCUT2D eigenvalue weighted by Crippen LogP contribution is 2.35. The number of nitrogens with zero attached hydrogens (tertiary/aromatic N) is 2. The van der Waals surface area contributed by atoms with Crippen molar-refractivity contribution in [1.29, 1.82) is 0 Å². The minimum Gasteiger partial charge on any atom is -0.339 e. The molecule has 1 saturated heterocycles. The van der Waals surface area contributed by atoms with Gasteiger partial charge in [0.1, 0.15) is 5.82 Å². The normalized spacial score (nSPS) is 24.9. The van der Waals surface area contributed by atoms with Crippen molar-refractivity contribution < 1.29 is 4.79 Å². The van der Waals surface area contributed by atoms with Crippen LogP contribution in [-0.2, 0) is 11.2 Å². The fraction of sp³-hybridized carbons (Fsp3) is 0.706. The first-order valence-electron chi connectivity index (χ1n) is 8.42. The summed E-state index contributed by atoms with van der Waals surface area (Å²) in [4.78, 5) is 33.9. The van der Waals surface area contributed by atoms with Gasteiger partial charge in [0, 0.05) is 23.8 Å². The summed E-state index contributed by atoms with van der Waals surface area (Å²) in [5.41, 5.74) is 1.02. The van der Waals surface area contributed by atoms with Crippen molar-refractivity contribution >= 4 is 5.91 Å². The van der Waals surface area contributed by atoms with Gasteiger partial charge in [-0.3, -0.25) is 9.59 Å². The number of hydrogen-bond acceptors (Lipinski definition) is 3. The second-order valence-corrected chi connectivity index (χ2v) is 6.73. The lowest BCUT2D eigenvalue weighted by Crippen LogP contribution is -2.50. The first-order valence-corrected chi connectivity index (χ1v) is 8.42. The summed E-state index contributed by atoms with van der Waals surface area (Å²) >= 11 is 0. The molecule has 0 aromatic carbocycles. The van der Waals surface area contributed by atoms with Gasteiger partial charge in [0.25, 0.3) is 5.56 Å². The average Bonchev–Trinajstić information content (AvgIpc) is 2.50. The van der Waals surface area contributed by atoms with Crippen molar-refractivity contribution in [2.24, 2.45) is 5.92 Å². The fourth-order valence-electron chi connectivity index (χ4n) is 4.15. The summed E-state index contributed by atoms with van der Waals surface area (Å²) < 4.78 is 0. The van der Waals surface area contributed by atoms with Crippen LogP contribution in [0.15, 0.2) is 4.79 Å². The third kappa shape index (κ3) is 2.94. The number of aromatic nitrogens is 2. The van der Waals surface area contributed by atoms with E-state index in [1.54, 1.807) is 6.92 Å². The third-order valence-corrected chi connectivity index (χ3v) is 5.23. The van der Waals surface area contributed by atoms with Gasteiger partial charge in [-0.05, 0) is 45.4 Å². The summed E-state index contributed by atoms with van der Waals surface area (Å²) in [7, 11) is 0. The van der Waals surface area contributed by atoms with Gasteiger partial charge >= 0.3 is 0 Å². The topological polar surface area (TPSA) is 66.1 Å². The van der Waals surface area contributed by atoms with Gasteiger partial charge < -0.3 is 9.88 Å². The van der Waals surface area contributed by atoms with E-state index in [0.29, 0.717) is 29.0 Å².